The molecule has 2 aliphatic rings. The Kier molecular flexibility index (Phi) is 3.68. The van der Waals surface area contributed by atoms with Crippen LogP contribution in [0.1, 0.15) is 18.4 Å². The summed E-state index contributed by atoms with van der Waals surface area (Å²) in [6.07, 6.45) is -0.0606. The van der Waals surface area contributed by atoms with E-state index in [1.807, 2.05) is 0 Å². The van der Waals surface area contributed by atoms with Crippen LogP contribution in [-0.4, -0.2) is 23.1 Å². The van der Waals surface area contributed by atoms with E-state index in [1.54, 1.807) is 42.5 Å². The number of benzene rings is 2. The summed E-state index contributed by atoms with van der Waals surface area (Å²) in [5.74, 6) is -1.28. The van der Waals surface area contributed by atoms with Crippen molar-refractivity contribution in [3.8, 4) is 0 Å². The van der Waals surface area contributed by atoms with E-state index in [1.165, 1.54) is 6.07 Å². The van der Waals surface area contributed by atoms with Gasteiger partial charge in [-0.2, -0.15) is 0 Å². The van der Waals surface area contributed by atoms with Crippen LogP contribution in [0.2, 0.25) is 0 Å². The van der Waals surface area contributed by atoms with Gasteiger partial charge in [-0.25, -0.2) is 9.29 Å². The largest absolute Gasteiger partial charge is 0.378 e. The molecule has 2 aromatic carbocycles. The molecule has 0 unspecified atom stereocenters. The molecule has 1 spiro atoms. The van der Waals surface area contributed by atoms with Crippen LogP contribution >= 0.6 is 15.9 Å². The number of rotatable bonds is 2. The number of anilines is 1. The highest BCUT2D eigenvalue weighted by Gasteiger charge is 2.58. The second-order valence-electron chi connectivity index (χ2n) is 5.97. The maximum Gasteiger partial charge on any atom is 0.281 e. The van der Waals surface area contributed by atoms with Crippen LogP contribution < -0.4 is 4.90 Å². The predicted molar refractivity (Wildman–Crippen MR) is 92.6 cm³/mol. The lowest BCUT2D eigenvalue weighted by molar-refractivity contribution is -0.136. The van der Waals surface area contributed by atoms with E-state index in [0.717, 1.165) is 9.37 Å². The minimum absolute atomic E-state index is 0.0610. The average molecular weight is 403 g/mol. The number of imide groups is 1. The zero-order chi connectivity index (χ0) is 17.6. The molecule has 2 amide bonds. The second-order valence-corrected chi connectivity index (χ2v) is 6.88. The fourth-order valence-corrected chi connectivity index (χ4v) is 3.36. The fraction of sp³-hybridized carbons (Fsp3) is 0.167. The number of oxime groups is 1. The molecule has 5 nitrogen and oxygen atoms in total. The van der Waals surface area contributed by atoms with Crippen LogP contribution in [0.3, 0.4) is 0 Å². The molecule has 2 aliphatic heterocycles. The zero-order valence-electron chi connectivity index (χ0n) is 12.9. The quantitative estimate of drug-likeness (QED) is 0.723. The van der Waals surface area contributed by atoms with Gasteiger partial charge in [-0.1, -0.05) is 39.3 Å². The predicted octanol–water partition coefficient (Wildman–Crippen LogP) is 3.41. The maximum absolute atomic E-state index is 14.0. The van der Waals surface area contributed by atoms with Gasteiger partial charge in [0.25, 0.3) is 5.91 Å². The van der Waals surface area contributed by atoms with Gasteiger partial charge in [0.05, 0.1) is 17.8 Å². The van der Waals surface area contributed by atoms with Crippen molar-refractivity contribution in [1.29, 1.82) is 0 Å². The molecule has 25 heavy (non-hydrogen) atoms. The molecular formula is C18H12BrFN2O3. The van der Waals surface area contributed by atoms with Crippen molar-refractivity contribution in [1.82, 2.24) is 0 Å². The molecule has 7 heteroatoms. The van der Waals surface area contributed by atoms with Crippen molar-refractivity contribution < 1.29 is 18.8 Å². The summed E-state index contributed by atoms with van der Waals surface area (Å²) in [7, 11) is 0. The van der Waals surface area contributed by atoms with Crippen LogP contribution in [0, 0.1) is 5.82 Å². The average Bonchev–Trinajstić information content (AvgIpc) is 3.11. The molecule has 4 rings (SSSR count). The van der Waals surface area contributed by atoms with Gasteiger partial charge in [0.15, 0.2) is 0 Å². The highest BCUT2D eigenvalue weighted by Crippen LogP contribution is 2.39. The molecule has 0 saturated carbocycles. The molecule has 1 atom stereocenters. The van der Waals surface area contributed by atoms with Crippen molar-refractivity contribution in [2.45, 2.75) is 18.4 Å². The van der Waals surface area contributed by atoms with Crippen LogP contribution in [0.5, 0.6) is 0 Å². The molecular weight excluding hydrogens is 391 g/mol. The normalized spacial score (nSPS) is 22.5. The van der Waals surface area contributed by atoms with Gasteiger partial charge in [-0.15, -0.1) is 0 Å². The van der Waals surface area contributed by atoms with E-state index < -0.39 is 17.3 Å². The summed E-state index contributed by atoms with van der Waals surface area (Å²) in [6, 6.07) is 13.0. The van der Waals surface area contributed by atoms with Gasteiger partial charge < -0.3 is 4.84 Å². The van der Waals surface area contributed by atoms with Gasteiger partial charge >= 0.3 is 0 Å². The highest BCUT2D eigenvalue weighted by molar-refractivity contribution is 9.10. The molecule has 2 aromatic rings. The number of amides is 2. The fourth-order valence-electron chi connectivity index (χ4n) is 3.09. The number of halogens is 2. The summed E-state index contributed by atoms with van der Waals surface area (Å²) < 4.78 is 14.8. The molecule has 1 fully saturated rings. The Morgan fingerprint density at radius 2 is 1.80 bits per heavy atom. The SMILES string of the molecule is O=C1C[C@@]2(CC(c3ccccc3F)=NO2)C(=O)N1c1ccc(Br)cc1. The molecule has 0 radical (unpaired) electrons. The maximum atomic E-state index is 14.0. The minimum atomic E-state index is -1.39. The van der Waals surface area contributed by atoms with E-state index >= 15 is 0 Å². The van der Waals surface area contributed by atoms with Crippen molar-refractivity contribution in [2.75, 3.05) is 4.90 Å². The first-order chi connectivity index (χ1) is 12.0. The van der Waals surface area contributed by atoms with Crippen LogP contribution in [0.25, 0.3) is 0 Å². The smallest absolute Gasteiger partial charge is 0.281 e. The molecule has 2 heterocycles. The number of hydrogen-bond donors (Lipinski definition) is 0. The minimum Gasteiger partial charge on any atom is -0.378 e. The van der Waals surface area contributed by atoms with Crippen LogP contribution in [-0.2, 0) is 14.4 Å². The third kappa shape index (κ3) is 2.55. The Labute approximate surface area is 151 Å². The summed E-state index contributed by atoms with van der Waals surface area (Å²) in [5, 5.41) is 3.90. The van der Waals surface area contributed by atoms with E-state index in [4.69, 9.17) is 4.84 Å². The third-order valence-electron chi connectivity index (χ3n) is 4.33. The Bertz CT molecular complexity index is 913. The zero-order valence-corrected chi connectivity index (χ0v) is 14.5. The van der Waals surface area contributed by atoms with Crippen LogP contribution in [0.15, 0.2) is 58.2 Å². The lowest BCUT2D eigenvalue weighted by atomic mass is 9.92. The topological polar surface area (TPSA) is 59.0 Å². The van der Waals surface area contributed by atoms with E-state index in [2.05, 4.69) is 21.1 Å². The first-order valence-electron chi connectivity index (χ1n) is 7.63. The third-order valence-corrected chi connectivity index (χ3v) is 4.86. The number of carbonyl (C=O) groups is 2. The van der Waals surface area contributed by atoms with Gasteiger partial charge in [-0.3, -0.25) is 9.59 Å². The van der Waals surface area contributed by atoms with Gasteiger partial charge in [0.1, 0.15) is 5.82 Å². The Morgan fingerprint density at radius 1 is 1.08 bits per heavy atom. The lowest BCUT2D eigenvalue weighted by Crippen LogP contribution is -2.40. The summed E-state index contributed by atoms with van der Waals surface area (Å²) >= 11 is 3.32. The Morgan fingerprint density at radius 3 is 2.52 bits per heavy atom. The standard InChI is InChI=1S/C18H12BrFN2O3/c19-11-5-7-12(8-6-11)22-16(23)10-18(17(22)24)9-15(21-25-18)13-3-1-2-4-14(13)20/h1-8H,9-10H2/t18-/m0/s1. The Hall–Kier alpha value is -2.54. The number of carbonyl (C=O) groups excluding carboxylic acids is 2. The first-order valence-corrected chi connectivity index (χ1v) is 8.42. The van der Waals surface area contributed by atoms with Crippen molar-refractivity contribution in [3.63, 3.8) is 0 Å². The molecule has 0 N–H and O–H groups in total. The van der Waals surface area contributed by atoms with Crippen molar-refractivity contribution >= 4 is 39.1 Å². The summed E-state index contributed by atoms with van der Waals surface area (Å²) in [5.41, 5.74) is -0.307. The van der Waals surface area contributed by atoms with E-state index in [-0.39, 0.29) is 24.3 Å². The Balaban J connectivity index is 1.63. The van der Waals surface area contributed by atoms with Gasteiger partial charge in [-0.05, 0) is 30.3 Å². The molecule has 0 bridgehead atoms. The van der Waals surface area contributed by atoms with Crippen LogP contribution in [0.4, 0.5) is 10.1 Å². The number of nitrogens with zero attached hydrogens (tertiary/aromatic N) is 2. The molecule has 0 aliphatic carbocycles. The molecule has 126 valence electrons. The van der Waals surface area contributed by atoms with E-state index in [9.17, 15) is 14.0 Å². The highest BCUT2D eigenvalue weighted by atomic mass is 79.9. The molecule has 0 aromatic heterocycles. The summed E-state index contributed by atoms with van der Waals surface area (Å²) in [4.78, 5) is 31.8. The first kappa shape index (κ1) is 16.0. The molecule has 1 saturated heterocycles. The summed E-state index contributed by atoms with van der Waals surface area (Å²) in [6.45, 7) is 0. The lowest BCUT2D eigenvalue weighted by Gasteiger charge is -2.19. The number of hydrogen-bond acceptors (Lipinski definition) is 4. The van der Waals surface area contributed by atoms with Gasteiger partial charge in [0, 0.05) is 16.5 Å². The van der Waals surface area contributed by atoms with Gasteiger partial charge in [0.2, 0.25) is 11.5 Å². The second kappa shape index (κ2) is 5.77. The van der Waals surface area contributed by atoms with E-state index in [0.29, 0.717) is 11.4 Å². The monoisotopic (exact) mass is 402 g/mol. The van der Waals surface area contributed by atoms with Crippen molar-refractivity contribution in [3.05, 3.63) is 64.4 Å². The van der Waals surface area contributed by atoms with Crippen molar-refractivity contribution in [2.24, 2.45) is 5.16 Å².